The summed E-state index contributed by atoms with van der Waals surface area (Å²) in [6.45, 7) is 2.49. The molecule has 7 nitrogen and oxygen atoms in total. The minimum atomic E-state index is -1.83. The summed E-state index contributed by atoms with van der Waals surface area (Å²) in [6, 6.07) is 0.701. The Morgan fingerprint density at radius 3 is 2.20 bits per heavy atom. The van der Waals surface area contributed by atoms with E-state index in [0.29, 0.717) is 18.4 Å². The summed E-state index contributed by atoms with van der Waals surface area (Å²) < 4.78 is 0. The summed E-state index contributed by atoms with van der Waals surface area (Å²) in [5.41, 5.74) is 0. The van der Waals surface area contributed by atoms with E-state index in [1.165, 1.54) is 45.2 Å². The molecule has 2 aliphatic rings. The van der Waals surface area contributed by atoms with Crippen LogP contribution in [0.1, 0.15) is 44.9 Å². The van der Waals surface area contributed by atoms with Gasteiger partial charge in [0.05, 0.1) is 0 Å². The fourth-order valence-electron chi connectivity index (χ4n) is 3.22. The second-order valence-electron chi connectivity index (χ2n) is 5.22. The van der Waals surface area contributed by atoms with E-state index in [1.807, 2.05) is 0 Å². The fourth-order valence-corrected chi connectivity index (χ4v) is 3.22. The third kappa shape index (κ3) is 6.72. The van der Waals surface area contributed by atoms with Gasteiger partial charge in [-0.2, -0.15) is 0 Å². The van der Waals surface area contributed by atoms with E-state index in [2.05, 4.69) is 4.90 Å². The van der Waals surface area contributed by atoms with Crippen LogP contribution in [-0.4, -0.2) is 57.0 Å². The van der Waals surface area contributed by atoms with Crippen molar-refractivity contribution in [2.24, 2.45) is 5.92 Å². The van der Waals surface area contributed by atoms with E-state index >= 15 is 0 Å². The van der Waals surface area contributed by atoms with Crippen LogP contribution in [0.3, 0.4) is 0 Å². The van der Waals surface area contributed by atoms with Gasteiger partial charge in [-0.15, -0.1) is 0 Å². The molecule has 0 amide bonds. The maximum atomic E-state index is 10.6. The molecule has 2 unspecified atom stereocenters. The highest BCUT2D eigenvalue weighted by Gasteiger charge is 2.32. The monoisotopic (exact) mass is 291 g/mol. The molecule has 0 aromatic heterocycles. The molecule has 2 rings (SSSR count). The summed E-state index contributed by atoms with van der Waals surface area (Å²) in [7, 11) is 0. The van der Waals surface area contributed by atoms with E-state index in [1.54, 1.807) is 0 Å². The van der Waals surface area contributed by atoms with Crippen molar-refractivity contribution in [2.45, 2.75) is 51.0 Å². The standard InChI is InChI=1S/C12H21NO2.CH2O3.H2O/c14-12(15)7-6-10-4-3-9-13-8-2-1-5-11(10)13;2-1(3)4;/h10-11H,1-9H2,(H,14,15);(H2,2,3,4);1H2. The van der Waals surface area contributed by atoms with Gasteiger partial charge in [0.15, 0.2) is 0 Å². The number of nitrogens with zero attached hydrogens (tertiary/aromatic N) is 1. The average molecular weight is 291 g/mol. The van der Waals surface area contributed by atoms with Crippen LogP contribution in [0.2, 0.25) is 0 Å². The predicted molar refractivity (Wildman–Crippen MR) is 73.1 cm³/mol. The molecular formula is C13H25NO6. The van der Waals surface area contributed by atoms with E-state index in [4.69, 9.17) is 20.1 Å². The number of piperidine rings is 2. The molecular weight excluding hydrogens is 266 g/mol. The smallest absolute Gasteiger partial charge is 0.481 e. The zero-order valence-electron chi connectivity index (χ0n) is 11.6. The summed E-state index contributed by atoms with van der Waals surface area (Å²) in [4.78, 5) is 21.7. The number of carboxylic acids is 1. The van der Waals surface area contributed by atoms with Crippen LogP contribution >= 0.6 is 0 Å². The molecule has 2 saturated heterocycles. The van der Waals surface area contributed by atoms with Crippen molar-refractivity contribution in [3.05, 3.63) is 0 Å². The molecule has 0 aromatic rings. The van der Waals surface area contributed by atoms with Crippen molar-refractivity contribution < 1.29 is 30.4 Å². The molecule has 20 heavy (non-hydrogen) atoms. The van der Waals surface area contributed by atoms with Gasteiger partial charge in [0.1, 0.15) is 0 Å². The maximum Gasteiger partial charge on any atom is 0.503 e. The highest BCUT2D eigenvalue weighted by atomic mass is 16.6. The fraction of sp³-hybridized carbons (Fsp3) is 0.846. The third-order valence-corrected chi connectivity index (χ3v) is 3.96. The Balaban J connectivity index is 0.000000644. The molecule has 0 radical (unpaired) electrons. The van der Waals surface area contributed by atoms with Gasteiger partial charge in [0.2, 0.25) is 0 Å². The van der Waals surface area contributed by atoms with E-state index in [0.717, 1.165) is 6.42 Å². The Morgan fingerprint density at radius 1 is 1.00 bits per heavy atom. The quantitative estimate of drug-likeness (QED) is 0.722. The lowest BCUT2D eigenvalue weighted by Crippen LogP contribution is -2.47. The minimum Gasteiger partial charge on any atom is -0.481 e. The van der Waals surface area contributed by atoms with E-state index in [9.17, 15) is 4.79 Å². The molecule has 7 heteroatoms. The van der Waals surface area contributed by atoms with Crippen LogP contribution in [0, 0.1) is 5.92 Å². The number of hydrogen-bond acceptors (Lipinski definition) is 3. The molecule has 5 N–H and O–H groups in total. The molecule has 2 heterocycles. The lowest BCUT2D eigenvalue weighted by atomic mass is 9.81. The SMILES string of the molecule is O.O=C(O)CCC1CCCN2CCCCC12.O=C(O)O. The van der Waals surface area contributed by atoms with Gasteiger partial charge < -0.3 is 25.7 Å². The molecule has 2 atom stereocenters. The Morgan fingerprint density at radius 2 is 1.60 bits per heavy atom. The predicted octanol–water partition coefficient (Wildman–Crippen LogP) is 1.51. The number of rotatable bonds is 3. The molecule has 2 fully saturated rings. The van der Waals surface area contributed by atoms with Gasteiger partial charge in [-0.05, 0) is 51.1 Å². The number of carbonyl (C=O) groups is 2. The van der Waals surface area contributed by atoms with Crippen molar-refractivity contribution in [3.63, 3.8) is 0 Å². The van der Waals surface area contributed by atoms with E-state index in [-0.39, 0.29) is 5.48 Å². The zero-order chi connectivity index (χ0) is 14.3. The lowest BCUT2D eigenvalue weighted by Gasteiger charge is -2.44. The topological polar surface area (TPSA) is 130 Å². The number of carboxylic acid groups (broad SMARTS) is 3. The van der Waals surface area contributed by atoms with Crippen LogP contribution in [0.15, 0.2) is 0 Å². The first-order valence-electron chi connectivity index (χ1n) is 6.88. The van der Waals surface area contributed by atoms with Gasteiger partial charge in [0.25, 0.3) is 0 Å². The van der Waals surface area contributed by atoms with Gasteiger partial charge in [-0.3, -0.25) is 4.79 Å². The average Bonchev–Trinajstić information content (AvgIpc) is 2.35. The Kier molecular flexibility index (Phi) is 8.91. The molecule has 0 spiro atoms. The lowest BCUT2D eigenvalue weighted by molar-refractivity contribution is -0.137. The molecule has 0 saturated carbocycles. The first kappa shape index (κ1) is 18.7. The van der Waals surface area contributed by atoms with Crippen molar-refractivity contribution in [1.29, 1.82) is 0 Å². The molecule has 118 valence electrons. The van der Waals surface area contributed by atoms with Crippen LogP contribution in [0.25, 0.3) is 0 Å². The number of fused-ring (bicyclic) bond motifs is 1. The van der Waals surface area contributed by atoms with Crippen molar-refractivity contribution >= 4 is 12.1 Å². The van der Waals surface area contributed by atoms with Crippen LogP contribution in [0.4, 0.5) is 4.79 Å². The van der Waals surface area contributed by atoms with Crippen LogP contribution in [-0.2, 0) is 4.79 Å². The van der Waals surface area contributed by atoms with Crippen molar-refractivity contribution in [3.8, 4) is 0 Å². The largest absolute Gasteiger partial charge is 0.503 e. The second kappa shape index (κ2) is 9.55. The first-order valence-corrected chi connectivity index (χ1v) is 6.88. The van der Waals surface area contributed by atoms with Gasteiger partial charge in [-0.25, -0.2) is 4.79 Å². The normalized spacial score (nSPS) is 25.4. The van der Waals surface area contributed by atoms with Crippen LogP contribution < -0.4 is 0 Å². The molecule has 0 bridgehead atoms. The minimum absolute atomic E-state index is 0. The number of hydrogen-bond donors (Lipinski definition) is 3. The summed E-state index contributed by atoms with van der Waals surface area (Å²) >= 11 is 0. The van der Waals surface area contributed by atoms with Gasteiger partial charge in [0, 0.05) is 12.5 Å². The van der Waals surface area contributed by atoms with E-state index < -0.39 is 12.1 Å². The van der Waals surface area contributed by atoms with Crippen molar-refractivity contribution in [2.75, 3.05) is 13.1 Å². The van der Waals surface area contributed by atoms with Crippen molar-refractivity contribution in [1.82, 2.24) is 4.90 Å². The first-order chi connectivity index (χ1) is 9.00. The zero-order valence-corrected chi connectivity index (χ0v) is 11.6. The Labute approximate surface area is 118 Å². The maximum absolute atomic E-state index is 10.6. The molecule has 2 aliphatic heterocycles. The third-order valence-electron chi connectivity index (χ3n) is 3.96. The second-order valence-corrected chi connectivity index (χ2v) is 5.22. The Hall–Kier alpha value is -1.34. The highest BCUT2D eigenvalue weighted by molar-refractivity contribution is 5.66. The highest BCUT2D eigenvalue weighted by Crippen LogP contribution is 2.33. The summed E-state index contributed by atoms with van der Waals surface area (Å²) in [5, 5.41) is 22.7. The molecule has 0 aliphatic carbocycles. The molecule has 0 aromatic carbocycles. The number of aliphatic carboxylic acids is 1. The van der Waals surface area contributed by atoms with Gasteiger partial charge in [-0.1, -0.05) is 6.42 Å². The van der Waals surface area contributed by atoms with Crippen LogP contribution in [0.5, 0.6) is 0 Å². The Bertz CT molecular complexity index is 303. The van der Waals surface area contributed by atoms with Gasteiger partial charge >= 0.3 is 12.1 Å². The summed E-state index contributed by atoms with van der Waals surface area (Å²) in [6.07, 6.45) is 5.89. The summed E-state index contributed by atoms with van der Waals surface area (Å²) in [5.74, 6) is 0.0121.